The summed E-state index contributed by atoms with van der Waals surface area (Å²) in [5.74, 6) is 0. The number of rotatable bonds is 7. The third-order valence-corrected chi connectivity index (χ3v) is 5.52. The molecule has 1 atom stereocenters. The third-order valence-electron chi connectivity index (χ3n) is 3.34. The first-order valence-corrected chi connectivity index (χ1v) is 8.08. The summed E-state index contributed by atoms with van der Waals surface area (Å²) in [6.07, 6.45) is 5.70. The topological polar surface area (TPSA) is 62.3 Å². The van der Waals surface area contributed by atoms with E-state index < -0.39 is 15.3 Å². The number of hydrogen-bond acceptors (Lipinski definition) is 4. The predicted molar refractivity (Wildman–Crippen MR) is 75.1 cm³/mol. The Kier molecular flexibility index (Phi) is 4.54. The van der Waals surface area contributed by atoms with Crippen molar-refractivity contribution in [2.24, 2.45) is 0 Å². The molecule has 106 valence electrons. The summed E-state index contributed by atoms with van der Waals surface area (Å²) < 4.78 is 26.1. The quantitative estimate of drug-likeness (QED) is 0.810. The lowest BCUT2D eigenvalue weighted by molar-refractivity contribution is 0.453. The van der Waals surface area contributed by atoms with E-state index in [2.05, 4.69) is 10.3 Å². The van der Waals surface area contributed by atoms with Crippen molar-refractivity contribution in [2.75, 3.05) is 13.6 Å². The smallest absolute Gasteiger partial charge is 0.218 e. The average molecular weight is 283 g/mol. The molecule has 0 bridgehead atoms. The fourth-order valence-electron chi connectivity index (χ4n) is 1.87. The van der Waals surface area contributed by atoms with Gasteiger partial charge in [-0.2, -0.15) is 0 Å². The highest BCUT2D eigenvalue weighted by Crippen LogP contribution is 2.19. The monoisotopic (exact) mass is 283 g/mol. The molecule has 0 saturated heterocycles. The summed E-state index contributed by atoms with van der Waals surface area (Å²) in [6, 6.07) is 4.22. The van der Waals surface area contributed by atoms with Gasteiger partial charge in [-0.3, -0.25) is 4.98 Å². The van der Waals surface area contributed by atoms with Crippen LogP contribution in [0.2, 0.25) is 0 Å². The minimum Gasteiger partial charge on any atom is -0.313 e. The lowest BCUT2D eigenvalue weighted by atomic mass is 10.3. The van der Waals surface area contributed by atoms with E-state index in [0.29, 0.717) is 19.1 Å². The van der Waals surface area contributed by atoms with Crippen molar-refractivity contribution < 1.29 is 8.42 Å². The maximum atomic E-state index is 12.3. The van der Waals surface area contributed by atoms with Crippen molar-refractivity contribution in [3.63, 3.8) is 0 Å². The van der Waals surface area contributed by atoms with Gasteiger partial charge in [-0.25, -0.2) is 12.7 Å². The zero-order valence-corrected chi connectivity index (χ0v) is 12.2. The molecule has 1 saturated carbocycles. The lowest BCUT2D eigenvalue weighted by Crippen LogP contribution is -2.40. The average Bonchev–Trinajstić information content (AvgIpc) is 3.21. The van der Waals surface area contributed by atoms with Crippen LogP contribution in [0.3, 0.4) is 0 Å². The van der Waals surface area contributed by atoms with Gasteiger partial charge >= 0.3 is 0 Å². The number of nitrogens with zero attached hydrogens (tertiary/aromatic N) is 2. The van der Waals surface area contributed by atoms with Crippen LogP contribution in [-0.4, -0.2) is 42.6 Å². The third kappa shape index (κ3) is 3.99. The molecule has 1 aromatic heterocycles. The molecule has 0 spiro atoms. The van der Waals surface area contributed by atoms with Gasteiger partial charge in [-0.1, -0.05) is 6.07 Å². The van der Waals surface area contributed by atoms with E-state index in [0.717, 1.165) is 18.4 Å². The van der Waals surface area contributed by atoms with Crippen LogP contribution < -0.4 is 5.32 Å². The molecule has 0 aromatic carbocycles. The molecule has 19 heavy (non-hydrogen) atoms. The number of sulfonamides is 1. The van der Waals surface area contributed by atoms with Crippen LogP contribution in [0.15, 0.2) is 24.5 Å². The molecule has 1 aliphatic rings. The molecule has 1 unspecified atom stereocenters. The Hall–Kier alpha value is -0.980. The number of pyridine rings is 1. The fourth-order valence-corrected chi connectivity index (χ4v) is 3.12. The van der Waals surface area contributed by atoms with E-state index in [-0.39, 0.29) is 0 Å². The Labute approximate surface area is 115 Å². The SMILES string of the molecule is CC(CNC1CC1)S(=O)(=O)N(C)Cc1cccnc1. The molecule has 0 radical (unpaired) electrons. The molecule has 1 heterocycles. The van der Waals surface area contributed by atoms with Gasteiger partial charge in [0.15, 0.2) is 0 Å². The molecule has 2 rings (SSSR count). The van der Waals surface area contributed by atoms with E-state index >= 15 is 0 Å². The van der Waals surface area contributed by atoms with Crippen molar-refractivity contribution >= 4 is 10.0 Å². The van der Waals surface area contributed by atoms with Gasteiger partial charge in [0.1, 0.15) is 0 Å². The van der Waals surface area contributed by atoms with Gasteiger partial charge < -0.3 is 5.32 Å². The van der Waals surface area contributed by atoms with Gasteiger partial charge in [-0.15, -0.1) is 0 Å². The Morgan fingerprint density at radius 3 is 2.84 bits per heavy atom. The van der Waals surface area contributed by atoms with Crippen LogP contribution in [0, 0.1) is 0 Å². The van der Waals surface area contributed by atoms with E-state index in [1.165, 1.54) is 4.31 Å². The zero-order valence-electron chi connectivity index (χ0n) is 11.4. The number of hydrogen-bond donors (Lipinski definition) is 1. The Morgan fingerprint density at radius 2 is 2.26 bits per heavy atom. The molecule has 1 N–H and O–H groups in total. The summed E-state index contributed by atoms with van der Waals surface area (Å²) in [5, 5.41) is 2.86. The normalized spacial score (nSPS) is 17.6. The summed E-state index contributed by atoms with van der Waals surface area (Å²) in [4.78, 5) is 4.00. The largest absolute Gasteiger partial charge is 0.313 e. The summed E-state index contributed by atoms with van der Waals surface area (Å²) in [5.41, 5.74) is 0.899. The molecule has 1 aliphatic carbocycles. The maximum absolute atomic E-state index is 12.3. The van der Waals surface area contributed by atoms with Crippen molar-refractivity contribution in [1.82, 2.24) is 14.6 Å². The molecule has 1 aromatic rings. The van der Waals surface area contributed by atoms with Crippen LogP contribution in [0.5, 0.6) is 0 Å². The van der Waals surface area contributed by atoms with Crippen LogP contribution >= 0.6 is 0 Å². The lowest BCUT2D eigenvalue weighted by Gasteiger charge is -2.22. The van der Waals surface area contributed by atoms with E-state index in [1.54, 1.807) is 26.4 Å². The molecular weight excluding hydrogens is 262 g/mol. The summed E-state index contributed by atoms with van der Waals surface area (Å²) >= 11 is 0. The van der Waals surface area contributed by atoms with Crippen molar-refractivity contribution in [3.05, 3.63) is 30.1 Å². The number of aromatic nitrogens is 1. The second-order valence-electron chi connectivity index (χ2n) is 5.16. The van der Waals surface area contributed by atoms with E-state index in [1.807, 2.05) is 12.1 Å². The van der Waals surface area contributed by atoms with Crippen LogP contribution in [0.4, 0.5) is 0 Å². The second-order valence-corrected chi connectivity index (χ2v) is 7.61. The van der Waals surface area contributed by atoms with Crippen LogP contribution in [-0.2, 0) is 16.6 Å². The van der Waals surface area contributed by atoms with Gasteiger partial charge in [0, 0.05) is 38.6 Å². The van der Waals surface area contributed by atoms with Gasteiger partial charge in [0.05, 0.1) is 5.25 Å². The van der Waals surface area contributed by atoms with Crippen LogP contribution in [0.25, 0.3) is 0 Å². The molecule has 6 heteroatoms. The first-order chi connectivity index (χ1) is 9.00. The van der Waals surface area contributed by atoms with Crippen molar-refractivity contribution in [1.29, 1.82) is 0 Å². The van der Waals surface area contributed by atoms with Gasteiger partial charge in [-0.05, 0) is 31.4 Å². The molecule has 5 nitrogen and oxygen atoms in total. The standard InChI is InChI=1S/C13H21N3O2S/c1-11(8-15-13-5-6-13)19(17,18)16(2)10-12-4-3-7-14-9-12/h3-4,7,9,11,13,15H,5-6,8,10H2,1-2H3. The minimum atomic E-state index is -3.26. The van der Waals surface area contributed by atoms with Crippen molar-refractivity contribution in [3.8, 4) is 0 Å². The molecule has 0 amide bonds. The zero-order chi connectivity index (χ0) is 13.9. The van der Waals surface area contributed by atoms with Crippen LogP contribution in [0.1, 0.15) is 25.3 Å². The fraction of sp³-hybridized carbons (Fsp3) is 0.615. The van der Waals surface area contributed by atoms with E-state index in [9.17, 15) is 8.42 Å². The van der Waals surface area contributed by atoms with Gasteiger partial charge in [0.2, 0.25) is 10.0 Å². The highest BCUT2D eigenvalue weighted by atomic mass is 32.2. The Balaban J connectivity index is 1.93. The number of nitrogens with one attached hydrogen (secondary N) is 1. The maximum Gasteiger partial charge on any atom is 0.218 e. The second kappa shape index (κ2) is 5.98. The summed E-state index contributed by atoms with van der Waals surface area (Å²) in [6.45, 7) is 2.64. The highest BCUT2D eigenvalue weighted by Gasteiger charge is 2.28. The van der Waals surface area contributed by atoms with E-state index in [4.69, 9.17) is 0 Å². The molecule has 1 fully saturated rings. The molecular formula is C13H21N3O2S. The Morgan fingerprint density at radius 1 is 1.53 bits per heavy atom. The van der Waals surface area contributed by atoms with Crippen molar-refractivity contribution in [2.45, 2.75) is 37.6 Å². The first-order valence-electron chi connectivity index (χ1n) is 6.57. The highest BCUT2D eigenvalue weighted by molar-refractivity contribution is 7.89. The van der Waals surface area contributed by atoms with Gasteiger partial charge in [0.25, 0.3) is 0 Å². The first kappa shape index (κ1) is 14.4. The Bertz CT molecular complexity index is 500. The predicted octanol–water partition coefficient (Wildman–Crippen LogP) is 0.984. The minimum absolute atomic E-state index is 0.365. The molecule has 0 aliphatic heterocycles. The summed E-state index contributed by atoms with van der Waals surface area (Å²) in [7, 11) is -1.64.